The van der Waals surface area contributed by atoms with E-state index in [1.165, 1.54) is 29.8 Å². The van der Waals surface area contributed by atoms with E-state index in [9.17, 15) is 0 Å². The molecule has 106 valence electrons. The Morgan fingerprint density at radius 2 is 1.85 bits per heavy atom. The lowest BCUT2D eigenvalue weighted by molar-refractivity contribution is 0.463. The van der Waals surface area contributed by atoms with Crippen LogP contribution in [0.25, 0.3) is 11.3 Å². The average Bonchev–Trinajstić information content (AvgIpc) is 2.83. The highest BCUT2D eigenvalue weighted by Crippen LogP contribution is 2.30. The molecular formula is C18H24N2. The Kier molecular flexibility index (Phi) is 3.19. The summed E-state index contributed by atoms with van der Waals surface area (Å²) in [5.74, 6) is 1.84. The smallest absolute Gasteiger partial charge is 0.112 e. The van der Waals surface area contributed by atoms with Gasteiger partial charge in [0.15, 0.2) is 0 Å². The molecule has 1 aromatic heterocycles. The molecule has 2 aromatic rings. The van der Waals surface area contributed by atoms with Gasteiger partial charge in [0.05, 0.1) is 5.69 Å². The minimum Gasteiger partial charge on any atom is -0.334 e. The summed E-state index contributed by atoms with van der Waals surface area (Å²) < 4.78 is 2.33. The highest BCUT2D eigenvalue weighted by molar-refractivity contribution is 5.59. The van der Waals surface area contributed by atoms with Crippen LogP contribution >= 0.6 is 0 Å². The van der Waals surface area contributed by atoms with Gasteiger partial charge < -0.3 is 4.57 Å². The zero-order valence-electron chi connectivity index (χ0n) is 13.0. The Morgan fingerprint density at radius 3 is 2.45 bits per heavy atom. The molecule has 1 aliphatic heterocycles. The fraction of sp³-hybridized carbons (Fsp3) is 0.500. The fourth-order valence-corrected chi connectivity index (χ4v) is 2.98. The first kappa shape index (κ1) is 13.4. The second-order valence-electron chi connectivity index (χ2n) is 7.05. The Morgan fingerprint density at radius 1 is 1.15 bits per heavy atom. The van der Waals surface area contributed by atoms with Crippen LogP contribution in [0.1, 0.15) is 57.8 Å². The lowest BCUT2D eigenvalue weighted by Crippen LogP contribution is -2.12. The summed E-state index contributed by atoms with van der Waals surface area (Å²) in [6, 6.07) is 8.88. The second kappa shape index (κ2) is 4.76. The third kappa shape index (κ3) is 2.39. The molecule has 0 aliphatic carbocycles. The number of imidazole rings is 1. The van der Waals surface area contributed by atoms with Gasteiger partial charge >= 0.3 is 0 Å². The summed E-state index contributed by atoms with van der Waals surface area (Å²) in [5, 5.41) is 0. The molecule has 0 saturated carbocycles. The number of hydrogen-bond donors (Lipinski definition) is 0. The van der Waals surface area contributed by atoms with Crippen LogP contribution in [0.2, 0.25) is 0 Å². The predicted molar refractivity (Wildman–Crippen MR) is 84.0 cm³/mol. The van der Waals surface area contributed by atoms with Crippen molar-refractivity contribution in [3.05, 3.63) is 41.9 Å². The van der Waals surface area contributed by atoms with E-state index in [-0.39, 0.29) is 5.41 Å². The van der Waals surface area contributed by atoms with E-state index in [1.54, 1.807) is 0 Å². The Labute approximate surface area is 121 Å². The van der Waals surface area contributed by atoms with E-state index >= 15 is 0 Å². The maximum atomic E-state index is 4.86. The SMILES string of the molecule is CC1CCCn2cc(-c3ccc(C(C)(C)C)cc3)nc21. The number of fused-ring (bicyclic) bond motifs is 1. The van der Waals surface area contributed by atoms with Crippen molar-refractivity contribution in [3.63, 3.8) is 0 Å². The first-order chi connectivity index (χ1) is 9.45. The van der Waals surface area contributed by atoms with E-state index in [1.807, 2.05) is 0 Å². The summed E-state index contributed by atoms with van der Waals surface area (Å²) in [5.41, 5.74) is 3.93. The molecule has 3 rings (SSSR count). The molecule has 2 nitrogen and oxygen atoms in total. The molecule has 2 heterocycles. The quantitative estimate of drug-likeness (QED) is 0.730. The van der Waals surface area contributed by atoms with Gasteiger partial charge in [0.1, 0.15) is 5.82 Å². The van der Waals surface area contributed by atoms with Crippen molar-refractivity contribution in [1.82, 2.24) is 9.55 Å². The number of benzene rings is 1. The van der Waals surface area contributed by atoms with Gasteiger partial charge in [-0.3, -0.25) is 0 Å². The monoisotopic (exact) mass is 268 g/mol. The van der Waals surface area contributed by atoms with Gasteiger partial charge in [-0.25, -0.2) is 4.98 Å². The first-order valence-electron chi connectivity index (χ1n) is 7.63. The predicted octanol–water partition coefficient (Wildman–Crippen LogP) is 4.74. The van der Waals surface area contributed by atoms with Crippen LogP contribution in [-0.2, 0) is 12.0 Å². The van der Waals surface area contributed by atoms with Gasteiger partial charge in [-0.15, -0.1) is 0 Å². The number of hydrogen-bond acceptors (Lipinski definition) is 1. The van der Waals surface area contributed by atoms with E-state index < -0.39 is 0 Å². The largest absolute Gasteiger partial charge is 0.334 e. The first-order valence-corrected chi connectivity index (χ1v) is 7.63. The van der Waals surface area contributed by atoms with Gasteiger partial charge in [-0.1, -0.05) is 52.0 Å². The van der Waals surface area contributed by atoms with Crippen molar-refractivity contribution < 1.29 is 0 Å². The Hall–Kier alpha value is -1.57. The molecule has 0 saturated heterocycles. The molecule has 0 fully saturated rings. The van der Waals surface area contributed by atoms with E-state index in [2.05, 4.69) is 62.7 Å². The van der Waals surface area contributed by atoms with Gasteiger partial charge in [0.2, 0.25) is 0 Å². The Balaban J connectivity index is 1.94. The molecule has 0 radical (unpaired) electrons. The minimum absolute atomic E-state index is 0.209. The zero-order chi connectivity index (χ0) is 14.3. The van der Waals surface area contributed by atoms with Crippen molar-refractivity contribution in [2.45, 2.75) is 58.4 Å². The van der Waals surface area contributed by atoms with Gasteiger partial charge in [0.25, 0.3) is 0 Å². The lowest BCUT2D eigenvalue weighted by Gasteiger charge is -2.19. The highest BCUT2D eigenvalue weighted by Gasteiger charge is 2.20. The fourth-order valence-electron chi connectivity index (χ4n) is 2.98. The van der Waals surface area contributed by atoms with Crippen LogP contribution in [0.15, 0.2) is 30.5 Å². The van der Waals surface area contributed by atoms with Crippen LogP contribution in [0.5, 0.6) is 0 Å². The summed E-state index contributed by atoms with van der Waals surface area (Å²) in [7, 11) is 0. The van der Waals surface area contributed by atoms with Crippen molar-refractivity contribution in [2.75, 3.05) is 0 Å². The van der Waals surface area contributed by atoms with Crippen LogP contribution in [0.3, 0.4) is 0 Å². The number of rotatable bonds is 1. The third-order valence-electron chi connectivity index (χ3n) is 4.33. The topological polar surface area (TPSA) is 17.8 Å². The average molecular weight is 268 g/mol. The standard InChI is InChI=1S/C18H24N2/c1-13-6-5-11-20-12-16(19-17(13)20)14-7-9-15(10-8-14)18(2,3)4/h7-10,12-13H,5-6,11H2,1-4H3. The summed E-state index contributed by atoms with van der Waals surface area (Å²) in [4.78, 5) is 4.86. The van der Waals surface area contributed by atoms with Crippen molar-refractivity contribution in [3.8, 4) is 11.3 Å². The third-order valence-corrected chi connectivity index (χ3v) is 4.33. The van der Waals surface area contributed by atoms with Crippen LogP contribution in [0, 0.1) is 0 Å². The van der Waals surface area contributed by atoms with Crippen LogP contribution in [0.4, 0.5) is 0 Å². The summed E-state index contributed by atoms with van der Waals surface area (Å²) in [6.45, 7) is 10.1. The Bertz CT molecular complexity index is 599. The molecule has 0 N–H and O–H groups in total. The summed E-state index contributed by atoms with van der Waals surface area (Å²) in [6.07, 6.45) is 4.75. The molecule has 0 spiro atoms. The van der Waals surface area contributed by atoms with Crippen LogP contribution < -0.4 is 0 Å². The molecule has 20 heavy (non-hydrogen) atoms. The van der Waals surface area contributed by atoms with Gasteiger partial charge in [-0.05, 0) is 23.8 Å². The molecular weight excluding hydrogens is 244 g/mol. The van der Waals surface area contributed by atoms with Gasteiger partial charge in [-0.2, -0.15) is 0 Å². The van der Waals surface area contributed by atoms with Crippen molar-refractivity contribution >= 4 is 0 Å². The van der Waals surface area contributed by atoms with E-state index in [4.69, 9.17) is 4.98 Å². The van der Waals surface area contributed by atoms with E-state index in [0.29, 0.717) is 5.92 Å². The number of aryl methyl sites for hydroxylation is 1. The maximum absolute atomic E-state index is 4.86. The van der Waals surface area contributed by atoms with Gasteiger partial charge in [0, 0.05) is 24.2 Å². The molecule has 1 atom stereocenters. The normalized spacial score (nSPS) is 18.9. The molecule has 2 heteroatoms. The molecule has 0 amide bonds. The molecule has 1 unspecified atom stereocenters. The second-order valence-corrected chi connectivity index (χ2v) is 7.05. The van der Waals surface area contributed by atoms with Crippen molar-refractivity contribution in [2.24, 2.45) is 0 Å². The highest BCUT2D eigenvalue weighted by atomic mass is 15.1. The zero-order valence-corrected chi connectivity index (χ0v) is 13.0. The maximum Gasteiger partial charge on any atom is 0.112 e. The number of nitrogens with zero attached hydrogens (tertiary/aromatic N) is 2. The molecule has 0 bridgehead atoms. The summed E-state index contributed by atoms with van der Waals surface area (Å²) >= 11 is 0. The van der Waals surface area contributed by atoms with E-state index in [0.717, 1.165) is 12.2 Å². The van der Waals surface area contributed by atoms with Crippen LogP contribution in [-0.4, -0.2) is 9.55 Å². The minimum atomic E-state index is 0.209. The molecule has 1 aromatic carbocycles. The van der Waals surface area contributed by atoms with Crippen molar-refractivity contribution in [1.29, 1.82) is 0 Å². The lowest BCUT2D eigenvalue weighted by atomic mass is 9.86. The number of aromatic nitrogens is 2. The molecule has 1 aliphatic rings.